The van der Waals surface area contributed by atoms with E-state index in [2.05, 4.69) is 37.0 Å². The molecule has 0 spiro atoms. The van der Waals surface area contributed by atoms with Crippen molar-refractivity contribution in [3.8, 4) is 0 Å². The van der Waals surface area contributed by atoms with Crippen LogP contribution >= 0.6 is 43.5 Å². The molecule has 1 aromatic carbocycles. The van der Waals surface area contributed by atoms with Crippen molar-refractivity contribution < 1.29 is 5.11 Å². The number of halogens is 3. The molecule has 0 radical (unpaired) electrons. The zero-order valence-electron chi connectivity index (χ0n) is 11.2. The zero-order chi connectivity index (χ0) is 14.9. The van der Waals surface area contributed by atoms with Crippen molar-refractivity contribution in [2.24, 2.45) is 0 Å². The van der Waals surface area contributed by atoms with Gasteiger partial charge in [0.1, 0.15) is 0 Å². The van der Waals surface area contributed by atoms with E-state index in [1.807, 2.05) is 36.7 Å². The van der Waals surface area contributed by atoms with Gasteiger partial charge in [-0.1, -0.05) is 23.7 Å². The fraction of sp³-hybridized carbons (Fsp3) is 0.357. The molecule has 0 saturated carbocycles. The molecule has 1 unspecified atom stereocenters. The summed E-state index contributed by atoms with van der Waals surface area (Å²) in [5.74, 6) is 0. The number of benzene rings is 1. The second kappa shape index (κ2) is 6.60. The third-order valence-electron chi connectivity index (χ3n) is 3.18. The molecular weight excluding hydrogens is 407 g/mol. The molecule has 0 aliphatic heterocycles. The van der Waals surface area contributed by atoms with Crippen molar-refractivity contribution >= 4 is 43.5 Å². The summed E-state index contributed by atoms with van der Waals surface area (Å²) in [5, 5.41) is 15.4. The molecule has 20 heavy (non-hydrogen) atoms. The van der Waals surface area contributed by atoms with Crippen molar-refractivity contribution in [2.45, 2.75) is 32.9 Å². The molecule has 1 N–H and O–H groups in total. The molecule has 1 atom stereocenters. The first-order valence-corrected chi connectivity index (χ1v) is 8.25. The molecule has 1 heterocycles. The van der Waals surface area contributed by atoms with Crippen LogP contribution in [0.1, 0.15) is 30.0 Å². The van der Waals surface area contributed by atoms with Crippen LogP contribution in [0.3, 0.4) is 0 Å². The molecule has 3 nitrogen and oxygen atoms in total. The van der Waals surface area contributed by atoms with Crippen molar-refractivity contribution in [2.75, 3.05) is 0 Å². The summed E-state index contributed by atoms with van der Waals surface area (Å²) in [6.45, 7) is 4.74. The van der Waals surface area contributed by atoms with Crippen LogP contribution in [0.5, 0.6) is 0 Å². The van der Waals surface area contributed by atoms with E-state index in [1.165, 1.54) is 0 Å². The lowest BCUT2D eigenvalue weighted by Gasteiger charge is -2.14. The van der Waals surface area contributed by atoms with Gasteiger partial charge in [0.15, 0.2) is 0 Å². The highest BCUT2D eigenvalue weighted by Gasteiger charge is 2.19. The first kappa shape index (κ1) is 16.0. The van der Waals surface area contributed by atoms with Crippen molar-refractivity contribution in [3.63, 3.8) is 0 Å². The highest BCUT2D eigenvalue weighted by molar-refractivity contribution is 9.10. The van der Waals surface area contributed by atoms with E-state index in [-0.39, 0.29) is 0 Å². The smallest absolute Gasteiger partial charge is 0.0860 e. The van der Waals surface area contributed by atoms with Crippen LogP contribution in [0.25, 0.3) is 0 Å². The largest absolute Gasteiger partial charge is 0.388 e. The molecule has 0 fully saturated rings. The summed E-state index contributed by atoms with van der Waals surface area (Å²) in [7, 11) is 0. The van der Waals surface area contributed by atoms with Crippen LogP contribution in [-0.2, 0) is 13.0 Å². The predicted octanol–water partition coefficient (Wildman–Crippen LogP) is 4.67. The topological polar surface area (TPSA) is 38.0 Å². The van der Waals surface area contributed by atoms with Crippen LogP contribution in [-0.4, -0.2) is 14.9 Å². The molecule has 6 heteroatoms. The number of hydrogen-bond acceptors (Lipinski definition) is 2. The lowest BCUT2D eigenvalue weighted by atomic mass is 10.0. The molecule has 2 aromatic rings. The third kappa shape index (κ3) is 3.11. The van der Waals surface area contributed by atoms with Gasteiger partial charge in [-0.3, -0.25) is 4.68 Å². The van der Waals surface area contributed by atoms with E-state index in [9.17, 15) is 5.11 Å². The first-order chi connectivity index (χ1) is 9.45. The van der Waals surface area contributed by atoms with Gasteiger partial charge >= 0.3 is 0 Å². The highest BCUT2D eigenvalue weighted by Crippen LogP contribution is 2.33. The van der Waals surface area contributed by atoms with Gasteiger partial charge in [0.05, 0.1) is 27.0 Å². The Morgan fingerprint density at radius 3 is 2.75 bits per heavy atom. The normalized spacial score (nSPS) is 12.7. The summed E-state index contributed by atoms with van der Waals surface area (Å²) >= 11 is 13.1. The summed E-state index contributed by atoms with van der Waals surface area (Å²) in [6, 6.07) is 5.56. The van der Waals surface area contributed by atoms with Gasteiger partial charge in [-0.15, -0.1) is 0 Å². The fourth-order valence-corrected chi connectivity index (χ4v) is 3.21. The maximum atomic E-state index is 10.5. The third-order valence-corrected chi connectivity index (χ3v) is 5.52. The van der Waals surface area contributed by atoms with Crippen molar-refractivity contribution in [3.05, 3.63) is 49.1 Å². The SMILES string of the molecule is CCn1nc(C)c(Br)c1CC(O)c1cccc(Br)c1Cl. The van der Waals surface area contributed by atoms with Gasteiger partial charge in [0.25, 0.3) is 0 Å². The highest BCUT2D eigenvalue weighted by atomic mass is 79.9. The maximum Gasteiger partial charge on any atom is 0.0860 e. The van der Waals surface area contributed by atoms with E-state index < -0.39 is 6.10 Å². The molecule has 0 aliphatic rings. The van der Waals surface area contributed by atoms with Crippen LogP contribution in [0.4, 0.5) is 0 Å². The second-order valence-electron chi connectivity index (χ2n) is 4.52. The maximum absolute atomic E-state index is 10.5. The predicted molar refractivity (Wildman–Crippen MR) is 88.2 cm³/mol. The number of hydrogen-bond donors (Lipinski definition) is 1. The molecule has 1 aromatic heterocycles. The van der Waals surface area contributed by atoms with Crippen LogP contribution in [0.2, 0.25) is 5.02 Å². The molecule has 0 amide bonds. The number of aryl methyl sites for hydroxylation is 2. The summed E-state index contributed by atoms with van der Waals surface area (Å²) in [6.07, 6.45) is -0.205. The Kier molecular flexibility index (Phi) is 5.29. The van der Waals surface area contributed by atoms with E-state index >= 15 is 0 Å². The second-order valence-corrected chi connectivity index (χ2v) is 6.55. The molecule has 108 valence electrons. The van der Waals surface area contributed by atoms with Crippen LogP contribution in [0.15, 0.2) is 27.1 Å². The van der Waals surface area contributed by atoms with E-state index in [4.69, 9.17) is 11.6 Å². The van der Waals surface area contributed by atoms with Crippen molar-refractivity contribution in [1.29, 1.82) is 0 Å². The van der Waals surface area contributed by atoms with Gasteiger partial charge in [0, 0.05) is 23.0 Å². The Bertz CT molecular complexity index is 628. The number of nitrogens with zero attached hydrogens (tertiary/aromatic N) is 2. The van der Waals surface area contributed by atoms with Gasteiger partial charge < -0.3 is 5.11 Å². The standard InChI is InChI=1S/C14H15Br2ClN2O/c1-3-19-11(13(16)8(2)18-19)7-12(20)9-5-4-6-10(15)14(9)17/h4-6,12,20H,3,7H2,1-2H3. The molecule has 0 bridgehead atoms. The molecule has 0 saturated heterocycles. The minimum Gasteiger partial charge on any atom is -0.388 e. The van der Waals surface area contributed by atoms with E-state index in [1.54, 1.807) is 0 Å². The van der Waals surface area contributed by atoms with Crippen LogP contribution in [0, 0.1) is 6.92 Å². The van der Waals surface area contributed by atoms with Crippen LogP contribution < -0.4 is 0 Å². The van der Waals surface area contributed by atoms with Gasteiger partial charge in [-0.05, 0) is 51.8 Å². The lowest BCUT2D eigenvalue weighted by molar-refractivity contribution is 0.175. The van der Waals surface area contributed by atoms with E-state index in [0.29, 0.717) is 11.4 Å². The lowest BCUT2D eigenvalue weighted by Crippen LogP contribution is -2.09. The van der Waals surface area contributed by atoms with Crippen molar-refractivity contribution in [1.82, 2.24) is 9.78 Å². The minimum absolute atomic E-state index is 0.464. The Hall–Kier alpha value is -0.360. The molecule has 2 rings (SSSR count). The monoisotopic (exact) mass is 420 g/mol. The average molecular weight is 423 g/mol. The quantitative estimate of drug-likeness (QED) is 0.778. The fourth-order valence-electron chi connectivity index (χ4n) is 2.13. The van der Waals surface area contributed by atoms with E-state index in [0.717, 1.165) is 32.4 Å². The Morgan fingerprint density at radius 1 is 1.40 bits per heavy atom. The number of aromatic nitrogens is 2. The Labute approximate surface area is 140 Å². The Balaban J connectivity index is 2.32. The molecular formula is C14H15Br2ClN2O. The number of aliphatic hydroxyl groups is 1. The average Bonchev–Trinajstić information content (AvgIpc) is 2.69. The summed E-state index contributed by atoms with van der Waals surface area (Å²) < 4.78 is 3.63. The minimum atomic E-state index is -0.669. The number of aliphatic hydroxyl groups excluding tert-OH is 1. The Morgan fingerprint density at radius 2 is 2.10 bits per heavy atom. The number of rotatable bonds is 4. The first-order valence-electron chi connectivity index (χ1n) is 6.29. The van der Waals surface area contributed by atoms with Gasteiger partial charge in [0.2, 0.25) is 0 Å². The molecule has 0 aliphatic carbocycles. The van der Waals surface area contributed by atoms with Gasteiger partial charge in [-0.2, -0.15) is 5.10 Å². The summed E-state index contributed by atoms with van der Waals surface area (Å²) in [4.78, 5) is 0. The van der Waals surface area contributed by atoms with Gasteiger partial charge in [-0.25, -0.2) is 0 Å². The zero-order valence-corrected chi connectivity index (χ0v) is 15.1. The summed E-state index contributed by atoms with van der Waals surface area (Å²) in [5.41, 5.74) is 2.62.